The number of carbonyl (C=O) groups excluding carboxylic acids is 1. The average Bonchev–Trinajstić information content (AvgIpc) is 2.58. The molecule has 0 aromatic heterocycles. The van der Waals surface area contributed by atoms with Gasteiger partial charge in [0.15, 0.2) is 0 Å². The Bertz CT molecular complexity index is 762. The summed E-state index contributed by atoms with van der Waals surface area (Å²) in [7, 11) is 0. The summed E-state index contributed by atoms with van der Waals surface area (Å²) < 4.78 is 5.73. The smallest absolute Gasteiger partial charge is 0.231 e. The minimum Gasteiger partial charge on any atom is -0.489 e. The summed E-state index contributed by atoms with van der Waals surface area (Å²) in [5, 5.41) is 0.637. The molecule has 23 heavy (non-hydrogen) atoms. The van der Waals surface area contributed by atoms with Crippen LogP contribution in [0.5, 0.6) is 5.75 Å². The average molecular weight is 329 g/mol. The third-order valence-corrected chi connectivity index (χ3v) is 4.77. The van der Waals surface area contributed by atoms with Crippen LogP contribution in [0.1, 0.15) is 5.56 Å². The van der Waals surface area contributed by atoms with Crippen molar-refractivity contribution in [1.82, 2.24) is 0 Å². The third-order valence-electron chi connectivity index (χ3n) is 4.40. The number of nitrogens with zero attached hydrogens (tertiary/aromatic N) is 2. The Kier molecular flexibility index (Phi) is 3.62. The Hall–Kier alpha value is -2.20. The van der Waals surface area contributed by atoms with Crippen LogP contribution in [0, 0.1) is 0 Å². The molecule has 4 rings (SSSR count). The number of para-hydroxylation sites is 1. The van der Waals surface area contributed by atoms with Gasteiger partial charge in [-0.15, -0.1) is 0 Å². The number of halogens is 1. The zero-order chi connectivity index (χ0) is 15.8. The summed E-state index contributed by atoms with van der Waals surface area (Å²) in [5.74, 6) is 0.931. The molecular weight excluding hydrogens is 312 g/mol. The van der Waals surface area contributed by atoms with Crippen molar-refractivity contribution in [2.75, 3.05) is 36.0 Å². The Morgan fingerprint density at radius 3 is 2.83 bits per heavy atom. The minimum absolute atomic E-state index is 0.0664. The highest BCUT2D eigenvalue weighted by atomic mass is 35.5. The SMILES string of the molecule is O=C(Cc1ccccc1Cl)N1CCN2CCOc3cccc1c32. The van der Waals surface area contributed by atoms with Crippen LogP contribution in [0.3, 0.4) is 0 Å². The van der Waals surface area contributed by atoms with Crippen molar-refractivity contribution >= 4 is 28.9 Å². The number of rotatable bonds is 2. The third kappa shape index (κ3) is 2.53. The normalized spacial score (nSPS) is 15.9. The molecule has 0 fully saturated rings. The monoisotopic (exact) mass is 328 g/mol. The minimum atomic E-state index is 0.0664. The highest BCUT2D eigenvalue weighted by Crippen LogP contribution is 2.42. The van der Waals surface area contributed by atoms with Gasteiger partial charge in [0.1, 0.15) is 18.0 Å². The number of anilines is 2. The van der Waals surface area contributed by atoms with Gasteiger partial charge >= 0.3 is 0 Å². The summed E-state index contributed by atoms with van der Waals surface area (Å²) in [6.07, 6.45) is 0.310. The van der Waals surface area contributed by atoms with E-state index in [0.717, 1.165) is 35.8 Å². The first-order valence-corrected chi connectivity index (χ1v) is 8.16. The number of hydrogen-bond donors (Lipinski definition) is 0. The number of ether oxygens (including phenoxy) is 1. The summed E-state index contributed by atoms with van der Waals surface area (Å²) in [4.78, 5) is 17.0. The highest BCUT2D eigenvalue weighted by Gasteiger charge is 2.31. The molecule has 118 valence electrons. The first-order valence-electron chi connectivity index (χ1n) is 7.78. The van der Waals surface area contributed by atoms with Crippen molar-refractivity contribution in [3.05, 3.63) is 53.1 Å². The molecular formula is C18H17ClN2O2. The summed E-state index contributed by atoms with van der Waals surface area (Å²) in [6.45, 7) is 3.10. The van der Waals surface area contributed by atoms with Crippen LogP contribution in [0.15, 0.2) is 42.5 Å². The molecule has 0 saturated heterocycles. The lowest BCUT2D eigenvalue weighted by Gasteiger charge is -2.41. The molecule has 2 aliphatic rings. The molecule has 0 bridgehead atoms. The van der Waals surface area contributed by atoms with Gasteiger partial charge in [-0.05, 0) is 23.8 Å². The molecule has 0 N–H and O–H groups in total. The first-order chi connectivity index (χ1) is 11.2. The molecule has 0 saturated carbocycles. The number of benzene rings is 2. The van der Waals surface area contributed by atoms with Crippen molar-refractivity contribution in [2.24, 2.45) is 0 Å². The zero-order valence-electron chi connectivity index (χ0n) is 12.7. The van der Waals surface area contributed by atoms with Crippen LogP contribution >= 0.6 is 11.6 Å². The lowest BCUT2D eigenvalue weighted by molar-refractivity contribution is -0.118. The predicted molar refractivity (Wildman–Crippen MR) is 91.7 cm³/mol. The zero-order valence-corrected chi connectivity index (χ0v) is 13.4. The van der Waals surface area contributed by atoms with Gasteiger partial charge < -0.3 is 14.5 Å². The van der Waals surface area contributed by atoms with E-state index in [4.69, 9.17) is 16.3 Å². The van der Waals surface area contributed by atoms with Crippen molar-refractivity contribution in [3.8, 4) is 5.75 Å². The largest absolute Gasteiger partial charge is 0.489 e. The van der Waals surface area contributed by atoms with Gasteiger partial charge in [-0.1, -0.05) is 35.9 Å². The van der Waals surface area contributed by atoms with Gasteiger partial charge in [-0.3, -0.25) is 4.79 Å². The molecule has 0 unspecified atom stereocenters. The quantitative estimate of drug-likeness (QED) is 0.849. The van der Waals surface area contributed by atoms with Gasteiger partial charge in [0, 0.05) is 18.1 Å². The second-order valence-electron chi connectivity index (χ2n) is 5.77. The molecule has 2 aliphatic heterocycles. The fourth-order valence-corrected chi connectivity index (χ4v) is 3.47. The van der Waals surface area contributed by atoms with Crippen molar-refractivity contribution in [3.63, 3.8) is 0 Å². The summed E-state index contributed by atoms with van der Waals surface area (Å²) >= 11 is 6.19. The standard InChI is InChI=1S/C18H17ClN2O2/c19-14-5-2-1-4-13(14)12-17(22)21-9-8-20-10-11-23-16-7-3-6-15(21)18(16)20/h1-7H,8-12H2. The molecule has 2 aromatic rings. The fourth-order valence-electron chi connectivity index (χ4n) is 3.26. The van der Waals surface area contributed by atoms with Gasteiger partial charge in [0.05, 0.1) is 18.7 Å². The van der Waals surface area contributed by atoms with E-state index in [-0.39, 0.29) is 5.91 Å². The van der Waals surface area contributed by atoms with E-state index in [2.05, 4.69) is 4.90 Å². The van der Waals surface area contributed by atoms with Crippen molar-refractivity contribution < 1.29 is 9.53 Å². The van der Waals surface area contributed by atoms with E-state index in [0.29, 0.717) is 24.6 Å². The van der Waals surface area contributed by atoms with Gasteiger partial charge in [-0.25, -0.2) is 0 Å². The van der Waals surface area contributed by atoms with Gasteiger partial charge in [0.25, 0.3) is 0 Å². The molecule has 2 aromatic carbocycles. The summed E-state index contributed by atoms with van der Waals surface area (Å²) in [6, 6.07) is 13.4. The highest BCUT2D eigenvalue weighted by molar-refractivity contribution is 6.31. The maximum absolute atomic E-state index is 12.8. The van der Waals surface area contributed by atoms with Crippen molar-refractivity contribution in [1.29, 1.82) is 0 Å². The Labute approximate surface area is 140 Å². The second kappa shape index (κ2) is 5.78. The maximum Gasteiger partial charge on any atom is 0.231 e. The Morgan fingerprint density at radius 2 is 1.96 bits per heavy atom. The molecule has 2 heterocycles. The van der Waals surface area contributed by atoms with E-state index >= 15 is 0 Å². The van der Waals surface area contributed by atoms with E-state index in [1.54, 1.807) is 0 Å². The Morgan fingerprint density at radius 1 is 1.09 bits per heavy atom. The summed E-state index contributed by atoms with van der Waals surface area (Å²) in [5.41, 5.74) is 2.84. The van der Waals surface area contributed by atoms with E-state index in [1.165, 1.54) is 0 Å². The second-order valence-corrected chi connectivity index (χ2v) is 6.18. The van der Waals surface area contributed by atoms with Crippen LogP contribution in [0.2, 0.25) is 5.02 Å². The molecule has 4 nitrogen and oxygen atoms in total. The van der Waals surface area contributed by atoms with E-state index in [1.807, 2.05) is 47.4 Å². The van der Waals surface area contributed by atoms with Crippen LogP contribution < -0.4 is 14.5 Å². The molecule has 5 heteroatoms. The molecule has 0 radical (unpaired) electrons. The van der Waals surface area contributed by atoms with Gasteiger partial charge in [-0.2, -0.15) is 0 Å². The topological polar surface area (TPSA) is 32.8 Å². The molecule has 0 atom stereocenters. The lowest BCUT2D eigenvalue weighted by Crippen LogP contribution is -2.47. The number of amides is 1. The van der Waals surface area contributed by atoms with Crippen LogP contribution in [-0.4, -0.2) is 32.1 Å². The lowest BCUT2D eigenvalue weighted by atomic mass is 10.1. The maximum atomic E-state index is 12.8. The van der Waals surface area contributed by atoms with E-state index in [9.17, 15) is 4.79 Å². The first kappa shape index (κ1) is 14.4. The number of carbonyl (C=O) groups is 1. The molecule has 0 spiro atoms. The Balaban J connectivity index is 1.65. The van der Waals surface area contributed by atoms with Crippen LogP contribution in [-0.2, 0) is 11.2 Å². The molecule has 0 aliphatic carbocycles. The van der Waals surface area contributed by atoms with Crippen LogP contribution in [0.4, 0.5) is 11.4 Å². The fraction of sp³-hybridized carbons (Fsp3) is 0.278. The van der Waals surface area contributed by atoms with Crippen molar-refractivity contribution in [2.45, 2.75) is 6.42 Å². The predicted octanol–water partition coefficient (Wildman–Crippen LogP) is 3.13. The number of hydrogen-bond acceptors (Lipinski definition) is 3. The van der Waals surface area contributed by atoms with E-state index < -0.39 is 0 Å². The molecule has 1 amide bonds. The van der Waals surface area contributed by atoms with Crippen LogP contribution in [0.25, 0.3) is 0 Å². The van der Waals surface area contributed by atoms with Gasteiger partial charge in [0.2, 0.25) is 5.91 Å².